The van der Waals surface area contributed by atoms with Gasteiger partial charge in [-0.25, -0.2) is 9.18 Å². The Balaban J connectivity index is 1.91. The molecule has 6 nitrogen and oxygen atoms in total. The van der Waals surface area contributed by atoms with Crippen LogP contribution in [0.25, 0.3) is 11.1 Å². The summed E-state index contributed by atoms with van der Waals surface area (Å²) in [6.45, 7) is 2.11. The van der Waals surface area contributed by atoms with Crippen molar-refractivity contribution in [2.75, 3.05) is 11.9 Å². The molecule has 3 rings (SSSR count). The van der Waals surface area contributed by atoms with Crippen molar-refractivity contribution in [3.63, 3.8) is 0 Å². The second-order valence-electron chi connectivity index (χ2n) is 7.32. The fourth-order valence-corrected chi connectivity index (χ4v) is 4.67. The Kier molecular flexibility index (Phi) is 7.20. The van der Waals surface area contributed by atoms with Gasteiger partial charge in [0.1, 0.15) is 16.4 Å². The van der Waals surface area contributed by atoms with Crippen LogP contribution >= 0.6 is 11.3 Å². The number of carboxylic acid groups (broad SMARTS) is 1. The number of rotatable bonds is 7. The maximum absolute atomic E-state index is 13.3. The Morgan fingerprint density at radius 3 is 2.47 bits per heavy atom. The molecular weight excluding hydrogens is 409 g/mol. The molecule has 1 aliphatic rings. The number of anilines is 1. The van der Waals surface area contributed by atoms with E-state index < -0.39 is 35.5 Å². The Labute approximate surface area is 178 Å². The van der Waals surface area contributed by atoms with E-state index in [1.807, 2.05) is 6.92 Å². The number of ether oxygens (including phenoxy) is 1. The van der Waals surface area contributed by atoms with Crippen molar-refractivity contribution in [2.24, 2.45) is 11.8 Å². The predicted octanol–water partition coefficient (Wildman–Crippen LogP) is 4.95. The second-order valence-corrected chi connectivity index (χ2v) is 8.20. The molecular formula is C22H24FNO5S. The van der Waals surface area contributed by atoms with E-state index in [4.69, 9.17) is 4.74 Å². The lowest BCUT2D eigenvalue weighted by atomic mass is 9.79. The number of nitrogens with one attached hydrogen (secondary N) is 1. The van der Waals surface area contributed by atoms with Crippen LogP contribution in [0.2, 0.25) is 0 Å². The molecule has 1 aromatic heterocycles. The Morgan fingerprint density at radius 1 is 1.17 bits per heavy atom. The molecule has 1 aromatic carbocycles. The third-order valence-corrected chi connectivity index (χ3v) is 6.14. The van der Waals surface area contributed by atoms with Crippen LogP contribution in [0, 0.1) is 17.7 Å². The van der Waals surface area contributed by atoms with E-state index in [9.17, 15) is 23.9 Å². The molecule has 0 aliphatic heterocycles. The van der Waals surface area contributed by atoms with E-state index in [-0.39, 0.29) is 12.2 Å². The number of hydrogen-bond acceptors (Lipinski definition) is 5. The number of thiophene rings is 1. The molecule has 2 aromatic rings. The van der Waals surface area contributed by atoms with Gasteiger partial charge in [-0.1, -0.05) is 31.9 Å². The van der Waals surface area contributed by atoms with Gasteiger partial charge in [-0.15, -0.1) is 11.3 Å². The zero-order chi connectivity index (χ0) is 21.7. The monoisotopic (exact) mass is 433 g/mol. The van der Waals surface area contributed by atoms with Gasteiger partial charge in [0, 0.05) is 10.9 Å². The first kappa shape index (κ1) is 22.0. The lowest BCUT2D eigenvalue weighted by molar-refractivity contribution is -0.147. The molecule has 160 valence electrons. The summed E-state index contributed by atoms with van der Waals surface area (Å²) in [7, 11) is 0. The van der Waals surface area contributed by atoms with Crippen LogP contribution in [0.4, 0.5) is 9.39 Å². The Morgan fingerprint density at radius 2 is 1.83 bits per heavy atom. The number of aliphatic carboxylic acids is 1. The number of amides is 1. The van der Waals surface area contributed by atoms with Gasteiger partial charge in [-0.3, -0.25) is 9.59 Å². The van der Waals surface area contributed by atoms with E-state index >= 15 is 0 Å². The first-order chi connectivity index (χ1) is 14.4. The SMILES string of the molecule is CCCOC(=O)c1c(-c2ccc(F)cc2)csc1NC(=O)[C@@H]1CCCC[C@@H]1C(=O)O. The highest BCUT2D eigenvalue weighted by molar-refractivity contribution is 7.15. The highest BCUT2D eigenvalue weighted by Crippen LogP contribution is 2.38. The molecule has 0 radical (unpaired) electrons. The summed E-state index contributed by atoms with van der Waals surface area (Å²) in [5.74, 6) is -3.73. The molecule has 1 amide bonds. The number of esters is 1. The van der Waals surface area contributed by atoms with E-state index in [0.29, 0.717) is 35.4 Å². The van der Waals surface area contributed by atoms with E-state index in [2.05, 4.69) is 5.32 Å². The largest absolute Gasteiger partial charge is 0.481 e. The first-order valence-electron chi connectivity index (χ1n) is 10.0. The van der Waals surface area contributed by atoms with E-state index in [0.717, 1.165) is 24.2 Å². The molecule has 0 unspecified atom stereocenters. The van der Waals surface area contributed by atoms with Crippen LogP contribution in [0.5, 0.6) is 0 Å². The zero-order valence-corrected chi connectivity index (χ0v) is 17.5. The Bertz CT molecular complexity index is 924. The molecule has 0 bridgehead atoms. The van der Waals surface area contributed by atoms with Crippen molar-refractivity contribution in [1.82, 2.24) is 0 Å². The maximum Gasteiger partial charge on any atom is 0.341 e. The number of benzene rings is 1. The van der Waals surface area contributed by atoms with Crippen molar-refractivity contribution in [2.45, 2.75) is 39.0 Å². The first-order valence-corrected chi connectivity index (χ1v) is 10.9. The van der Waals surface area contributed by atoms with E-state index in [1.165, 1.54) is 12.1 Å². The van der Waals surface area contributed by atoms with Gasteiger partial charge in [0.15, 0.2) is 0 Å². The predicted molar refractivity (Wildman–Crippen MR) is 112 cm³/mol. The topological polar surface area (TPSA) is 92.7 Å². The Hall–Kier alpha value is -2.74. The normalized spacial score (nSPS) is 18.6. The lowest BCUT2D eigenvalue weighted by Gasteiger charge is -2.27. The molecule has 30 heavy (non-hydrogen) atoms. The van der Waals surface area contributed by atoms with Gasteiger partial charge < -0.3 is 15.2 Å². The maximum atomic E-state index is 13.3. The third kappa shape index (κ3) is 4.87. The summed E-state index contributed by atoms with van der Waals surface area (Å²) in [4.78, 5) is 37.2. The standard InChI is InChI=1S/C22H24FNO5S/c1-2-11-29-22(28)18-17(13-7-9-14(23)10-8-13)12-30-20(18)24-19(25)15-5-3-4-6-16(15)21(26)27/h7-10,12,15-16H,2-6,11H2,1H3,(H,24,25)(H,26,27)/t15-,16+/m1/s1. The molecule has 1 aliphatic carbocycles. The number of hydrogen-bond donors (Lipinski definition) is 2. The average molecular weight is 434 g/mol. The minimum Gasteiger partial charge on any atom is -0.481 e. The molecule has 0 spiro atoms. The highest BCUT2D eigenvalue weighted by atomic mass is 32.1. The number of carboxylic acids is 1. The van der Waals surface area contributed by atoms with Crippen molar-refractivity contribution in [3.05, 3.63) is 41.0 Å². The second kappa shape index (κ2) is 9.84. The molecule has 0 saturated heterocycles. The van der Waals surface area contributed by atoms with Gasteiger partial charge >= 0.3 is 11.9 Å². The van der Waals surface area contributed by atoms with Gasteiger partial charge in [-0.2, -0.15) is 0 Å². The zero-order valence-electron chi connectivity index (χ0n) is 16.7. The minimum absolute atomic E-state index is 0.205. The van der Waals surface area contributed by atoms with Crippen LogP contribution in [-0.2, 0) is 14.3 Å². The fourth-order valence-electron chi connectivity index (χ4n) is 3.71. The van der Waals surface area contributed by atoms with Crippen LogP contribution in [0.15, 0.2) is 29.6 Å². The van der Waals surface area contributed by atoms with Crippen molar-refractivity contribution >= 4 is 34.2 Å². The quantitative estimate of drug-likeness (QED) is 0.603. The third-order valence-electron chi connectivity index (χ3n) is 5.24. The minimum atomic E-state index is -0.976. The summed E-state index contributed by atoms with van der Waals surface area (Å²) < 4.78 is 18.6. The van der Waals surface area contributed by atoms with Gasteiger partial charge in [0.2, 0.25) is 5.91 Å². The summed E-state index contributed by atoms with van der Waals surface area (Å²) in [5.41, 5.74) is 1.36. The average Bonchev–Trinajstić information content (AvgIpc) is 3.16. The molecule has 2 atom stereocenters. The lowest BCUT2D eigenvalue weighted by Crippen LogP contribution is -2.36. The number of carbonyl (C=O) groups is 3. The molecule has 1 saturated carbocycles. The van der Waals surface area contributed by atoms with Crippen molar-refractivity contribution < 1.29 is 28.6 Å². The summed E-state index contributed by atoms with van der Waals surface area (Å²) >= 11 is 1.16. The smallest absolute Gasteiger partial charge is 0.341 e. The van der Waals surface area contributed by atoms with Gasteiger partial charge in [0.05, 0.1) is 18.4 Å². The highest BCUT2D eigenvalue weighted by Gasteiger charge is 2.36. The molecule has 1 fully saturated rings. The molecule has 1 heterocycles. The van der Waals surface area contributed by atoms with Crippen molar-refractivity contribution in [3.8, 4) is 11.1 Å². The van der Waals surface area contributed by atoms with Gasteiger partial charge in [-0.05, 0) is 37.0 Å². The summed E-state index contributed by atoms with van der Waals surface area (Å²) in [6.07, 6.45) is 3.17. The molecule has 2 N–H and O–H groups in total. The van der Waals surface area contributed by atoms with Crippen LogP contribution in [0.1, 0.15) is 49.4 Å². The van der Waals surface area contributed by atoms with Crippen LogP contribution < -0.4 is 5.32 Å². The summed E-state index contributed by atoms with van der Waals surface area (Å²) in [5, 5.41) is 14.2. The summed E-state index contributed by atoms with van der Waals surface area (Å²) in [6, 6.07) is 5.71. The number of carbonyl (C=O) groups excluding carboxylic acids is 2. The van der Waals surface area contributed by atoms with E-state index in [1.54, 1.807) is 17.5 Å². The molecule has 8 heteroatoms. The number of halogens is 1. The van der Waals surface area contributed by atoms with Gasteiger partial charge in [0.25, 0.3) is 0 Å². The van der Waals surface area contributed by atoms with Crippen molar-refractivity contribution in [1.29, 1.82) is 0 Å². The van der Waals surface area contributed by atoms with Crippen LogP contribution in [-0.4, -0.2) is 29.6 Å². The fraction of sp³-hybridized carbons (Fsp3) is 0.409. The van der Waals surface area contributed by atoms with Crippen LogP contribution in [0.3, 0.4) is 0 Å².